The minimum absolute atomic E-state index is 0.183. The van der Waals surface area contributed by atoms with Crippen LogP contribution < -0.4 is 5.73 Å². The molecule has 0 saturated carbocycles. The Kier molecular flexibility index (Phi) is 3.94. The Labute approximate surface area is 112 Å². The molecule has 2 aromatic rings. The van der Waals surface area contributed by atoms with E-state index in [1.807, 2.05) is 30.3 Å². The fourth-order valence-electron chi connectivity index (χ4n) is 1.37. The minimum Gasteiger partial charge on any atom is -0.384 e. The number of benzene rings is 1. The summed E-state index contributed by atoms with van der Waals surface area (Å²) in [4.78, 5) is 6.66. The van der Waals surface area contributed by atoms with Gasteiger partial charge in [-0.15, -0.1) is 11.8 Å². The highest BCUT2D eigenvalue weighted by atomic mass is 32.2. The maximum absolute atomic E-state index is 12.5. The van der Waals surface area contributed by atoms with E-state index in [1.54, 1.807) is 0 Å². The molecule has 3 nitrogen and oxygen atoms in total. The summed E-state index contributed by atoms with van der Waals surface area (Å²) in [6.45, 7) is 0. The molecule has 0 aliphatic rings. The van der Waals surface area contributed by atoms with Crippen LogP contribution in [0, 0.1) is 0 Å². The van der Waals surface area contributed by atoms with Crippen molar-refractivity contribution in [1.82, 2.24) is 9.97 Å². The first kappa shape index (κ1) is 13.7. The normalized spacial score (nSPS) is 11.5. The summed E-state index contributed by atoms with van der Waals surface area (Å²) in [6.07, 6.45) is -4.59. The van der Waals surface area contributed by atoms with Crippen molar-refractivity contribution in [2.24, 2.45) is 0 Å². The van der Waals surface area contributed by atoms with Crippen LogP contribution in [0.15, 0.2) is 41.4 Å². The monoisotopic (exact) mass is 285 g/mol. The summed E-state index contributed by atoms with van der Waals surface area (Å²) in [7, 11) is 0. The predicted octanol–water partition coefficient (Wildman–Crippen LogP) is 3.37. The zero-order chi connectivity index (χ0) is 13.9. The number of hydrogen-bond donors (Lipinski definition) is 1. The molecule has 0 aliphatic heterocycles. The smallest absolute Gasteiger partial charge is 0.384 e. The molecule has 19 heavy (non-hydrogen) atoms. The number of nitrogens with zero attached hydrogens (tertiary/aromatic N) is 2. The Hall–Kier alpha value is -1.76. The lowest BCUT2D eigenvalue weighted by molar-refractivity contribution is -0.145. The van der Waals surface area contributed by atoms with Crippen LogP contribution in [0.2, 0.25) is 0 Å². The fraction of sp³-hybridized carbons (Fsp3) is 0.167. The molecule has 0 aliphatic carbocycles. The third-order valence-corrected chi connectivity index (χ3v) is 3.19. The average Bonchev–Trinajstić information content (AvgIpc) is 2.36. The Morgan fingerprint density at radius 2 is 1.79 bits per heavy atom. The highest BCUT2D eigenvalue weighted by Crippen LogP contribution is 2.29. The molecule has 0 fully saturated rings. The van der Waals surface area contributed by atoms with Crippen molar-refractivity contribution in [3.63, 3.8) is 0 Å². The van der Waals surface area contributed by atoms with Gasteiger partial charge in [-0.2, -0.15) is 13.2 Å². The van der Waals surface area contributed by atoms with Gasteiger partial charge in [0.05, 0.1) is 0 Å². The molecule has 0 bridgehead atoms. The van der Waals surface area contributed by atoms with Gasteiger partial charge in [-0.1, -0.05) is 30.3 Å². The molecular formula is C12H10F3N3S. The SMILES string of the molecule is Nc1cc(SCc2ccccc2)nc(C(F)(F)F)n1. The van der Waals surface area contributed by atoms with Gasteiger partial charge in [0.25, 0.3) is 0 Å². The summed E-state index contributed by atoms with van der Waals surface area (Å²) < 4.78 is 37.6. The van der Waals surface area contributed by atoms with E-state index in [0.717, 1.165) is 5.56 Å². The highest BCUT2D eigenvalue weighted by Gasteiger charge is 2.35. The highest BCUT2D eigenvalue weighted by molar-refractivity contribution is 7.98. The molecule has 0 atom stereocenters. The van der Waals surface area contributed by atoms with Crippen molar-refractivity contribution < 1.29 is 13.2 Å². The van der Waals surface area contributed by atoms with Gasteiger partial charge in [-0.25, -0.2) is 9.97 Å². The molecule has 100 valence electrons. The number of alkyl halides is 3. The van der Waals surface area contributed by atoms with E-state index in [1.165, 1.54) is 17.8 Å². The van der Waals surface area contributed by atoms with Crippen molar-refractivity contribution in [1.29, 1.82) is 0 Å². The molecule has 0 amide bonds. The lowest BCUT2D eigenvalue weighted by atomic mass is 10.2. The Morgan fingerprint density at radius 3 is 2.42 bits per heavy atom. The lowest BCUT2D eigenvalue weighted by Crippen LogP contribution is -2.12. The molecule has 2 N–H and O–H groups in total. The van der Waals surface area contributed by atoms with E-state index in [0.29, 0.717) is 5.75 Å². The first-order valence-corrected chi connectivity index (χ1v) is 6.32. The average molecular weight is 285 g/mol. The van der Waals surface area contributed by atoms with Crippen molar-refractivity contribution in [2.75, 3.05) is 5.73 Å². The van der Waals surface area contributed by atoms with Crippen LogP contribution in [0.4, 0.5) is 19.0 Å². The summed E-state index contributed by atoms with van der Waals surface area (Å²) in [5.41, 5.74) is 6.36. The van der Waals surface area contributed by atoms with Gasteiger partial charge >= 0.3 is 6.18 Å². The van der Waals surface area contributed by atoms with E-state index in [-0.39, 0.29) is 10.8 Å². The van der Waals surface area contributed by atoms with Crippen LogP contribution in [0.25, 0.3) is 0 Å². The molecule has 1 heterocycles. The quantitative estimate of drug-likeness (QED) is 0.694. The van der Waals surface area contributed by atoms with Crippen LogP contribution in [-0.4, -0.2) is 9.97 Å². The minimum atomic E-state index is -4.59. The van der Waals surface area contributed by atoms with Crippen molar-refractivity contribution in [3.05, 3.63) is 47.8 Å². The van der Waals surface area contributed by atoms with E-state index in [9.17, 15) is 13.2 Å². The zero-order valence-electron chi connectivity index (χ0n) is 9.69. The maximum atomic E-state index is 12.5. The summed E-state index contributed by atoms with van der Waals surface area (Å²) in [5, 5.41) is 0.212. The van der Waals surface area contributed by atoms with E-state index < -0.39 is 12.0 Å². The largest absolute Gasteiger partial charge is 0.451 e. The molecule has 7 heteroatoms. The number of halogens is 3. The summed E-state index contributed by atoms with van der Waals surface area (Å²) in [6, 6.07) is 10.7. The van der Waals surface area contributed by atoms with Crippen LogP contribution in [0.5, 0.6) is 0 Å². The van der Waals surface area contributed by atoms with Gasteiger partial charge in [0, 0.05) is 11.8 Å². The number of rotatable bonds is 3. The second kappa shape index (κ2) is 5.48. The number of nitrogen functional groups attached to an aromatic ring is 1. The molecule has 2 rings (SSSR count). The lowest BCUT2D eigenvalue weighted by Gasteiger charge is -2.08. The molecular weight excluding hydrogens is 275 g/mol. The van der Waals surface area contributed by atoms with Crippen LogP contribution in [0.1, 0.15) is 11.4 Å². The number of anilines is 1. The van der Waals surface area contributed by atoms with Crippen LogP contribution in [-0.2, 0) is 11.9 Å². The third-order valence-electron chi connectivity index (χ3n) is 2.21. The molecule has 1 aromatic carbocycles. The maximum Gasteiger partial charge on any atom is 0.451 e. The summed E-state index contributed by atoms with van der Waals surface area (Å²) in [5.74, 6) is -0.866. The second-order valence-electron chi connectivity index (χ2n) is 3.73. The number of nitrogens with two attached hydrogens (primary N) is 1. The van der Waals surface area contributed by atoms with Crippen LogP contribution >= 0.6 is 11.8 Å². The van der Waals surface area contributed by atoms with Gasteiger partial charge in [-0.05, 0) is 5.56 Å². The van der Waals surface area contributed by atoms with Crippen LogP contribution in [0.3, 0.4) is 0 Å². The predicted molar refractivity (Wildman–Crippen MR) is 67.4 cm³/mol. The third kappa shape index (κ3) is 3.85. The Balaban J connectivity index is 2.15. The van der Waals surface area contributed by atoms with Crippen molar-refractivity contribution >= 4 is 17.6 Å². The van der Waals surface area contributed by atoms with E-state index in [4.69, 9.17) is 5.73 Å². The number of aromatic nitrogens is 2. The van der Waals surface area contributed by atoms with Crippen molar-refractivity contribution in [2.45, 2.75) is 17.0 Å². The van der Waals surface area contributed by atoms with Gasteiger partial charge in [0.2, 0.25) is 5.82 Å². The van der Waals surface area contributed by atoms with E-state index >= 15 is 0 Å². The van der Waals surface area contributed by atoms with Gasteiger partial charge in [0.1, 0.15) is 10.8 Å². The van der Waals surface area contributed by atoms with E-state index in [2.05, 4.69) is 9.97 Å². The summed E-state index contributed by atoms with van der Waals surface area (Å²) >= 11 is 1.19. The van der Waals surface area contributed by atoms with Gasteiger partial charge < -0.3 is 5.73 Å². The standard InChI is InChI=1S/C12H10F3N3S/c13-12(14,15)11-17-9(16)6-10(18-11)19-7-8-4-2-1-3-5-8/h1-6H,7H2,(H2,16,17,18). The molecule has 1 aromatic heterocycles. The fourth-order valence-corrected chi connectivity index (χ4v) is 2.24. The second-order valence-corrected chi connectivity index (χ2v) is 4.72. The molecule has 0 saturated heterocycles. The number of hydrogen-bond acceptors (Lipinski definition) is 4. The first-order valence-electron chi connectivity index (χ1n) is 5.33. The zero-order valence-corrected chi connectivity index (χ0v) is 10.5. The van der Waals surface area contributed by atoms with Gasteiger partial charge in [-0.3, -0.25) is 0 Å². The first-order chi connectivity index (χ1) is 8.95. The molecule has 0 spiro atoms. The number of thioether (sulfide) groups is 1. The van der Waals surface area contributed by atoms with Gasteiger partial charge in [0.15, 0.2) is 0 Å². The Bertz CT molecular complexity index is 558. The topological polar surface area (TPSA) is 51.8 Å². The molecule has 0 unspecified atom stereocenters. The Morgan fingerprint density at radius 1 is 1.11 bits per heavy atom. The molecule has 0 radical (unpaired) electrons. The van der Waals surface area contributed by atoms with Crippen molar-refractivity contribution in [3.8, 4) is 0 Å².